The highest BCUT2D eigenvalue weighted by molar-refractivity contribution is 5.33. The third-order valence-electron chi connectivity index (χ3n) is 3.38. The van der Waals surface area contributed by atoms with E-state index in [9.17, 15) is 9.59 Å². The van der Waals surface area contributed by atoms with Crippen LogP contribution >= 0.6 is 0 Å². The van der Waals surface area contributed by atoms with Crippen LogP contribution in [0.5, 0.6) is 0 Å². The van der Waals surface area contributed by atoms with Gasteiger partial charge in [0.2, 0.25) is 10.9 Å². The first-order chi connectivity index (χ1) is 8.04. The zero-order valence-corrected chi connectivity index (χ0v) is 10.4. The van der Waals surface area contributed by atoms with E-state index in [1.54, 1.807) is 6.92 Å². The number of rotatable bonds is 4. The lowest BCUT2D eigenvalue weighted by Crippen LogP contribution is -2.38. The molecule has 0 radical (unpaired) electrons. The summed E-state index contributed by atoms with van der Waals surface area (Å²) in [5.41, 5.74) is 0.655. The van der Waals surface area contributed by atoms with Crippen LogP contribution in [0.1, 0.15) is 41.9 Å². The summed E-state index contributed by atoms with van der Waals surface area (Å²) >= 11 is 0. The minimum Gasteiger partial charge on any atom is -0.466 e. The molecule has 0 fully saturated rings. The van der Waals surface area contributed by atoms with Crippen LogP contribution in [0.25, 0.3) is 0 Å². The molecule has 1 atom stereocenters. The van der Waals surface area contributed by atoms with Crippen LogP contribution in [0, 0.1) is 13.8 Å². The van der Waals surface area contributed by atoms with E-state index >= 15 is 0 Å². The van der Waals surface area contributed by atoms with Gasteiger partial charge in [-0.1, -0.05) is 6.92 Å². The molecule has 0 aliphatic rings. The molecule has 0 saturated carbocycles. The van der Waals surface area contributed by atoms with E-state index in [1.807, 2.05) is 19.1 Å². The zero-order chi connectivity index (χ0) is 12.6. The van der Waals surface area contributed by atoms with Gasteiger partial charge in [-0.15, -0.1) is 0 Å². The monoisotopic (exact) mass is 232 g/mol. The van der Waals surface area contributed by atoms with E-state index < -0.39 is 0 Å². The molecular weight excluding hydrogens is 216 g/mol. The van der Waals surface area contributed by atoms with Gasteiger partial charge in [0.25, 0.3) is 0 Å². The van der Waals surface area contributed by atoms with E-state index in [4.69, 9.17) is 4.42 Å². The fraction of sp³-hybridized carbons (Fsp3) is 0.429. The van der Waals surface area contributed by atoms with Crippen molar-refractivity contribution in [1.29, 1.82) is 0 Å². The first kappa shape index (κ1) is 11.8. The van der Waals surface area contributed by atoms with Crippen molar-refractivity contribution in [2.24, 2.45) is 0 Å². The number of furan rings is 1. The Bertz CT molecular complexity index is 597. The van der Waals surface area contributed by atoms with Crippen molar-refractivity contribution in [2.45, 2.75) is 39.5 Å². The molecule has 0 amide bonds. The molecule has 1 heterocycles. The Balaban J connectivity index is 2.22. The molecule has 1 unspecified atom stereocenters. The molecule has 90 valence electrons. The number of aryl methyl sites for hydroxylation is 1. The SMILES string of the molecule is CCC(Cc1c(C)c(=O)c1=O)c1ccc(C)o1. The minimum absolute atomic E-state index is 0.186. The Hall–Kier alpha value is -1.64. The molecule has 3 nitrogen and oxygen atoms in total. The second kappa shape index (κ2) is 4.32. The van der Waals surface area contributed by atoms with Crippen LogP contribution in [-0.4, -0.2) is 0 Å². The Morgan fingerprint density at radius 3 is 2.35 bits per heavy atom. The summed E-state index contributed by atoms with van der Waals surface area (Å²) in [6.07, 6.45) is 1.51. The first-order valence-electron chi connectivity index (χ1n) is 5.89. The van der Waals surface area contributed by atoms with E-state index in [0.717, 1.165) is 17.9 Å². The highest BCUT2D eigenvalue weighted by atomic mass is 16.3. The lowest BCUT2D eigenvalue weighted by atomic mass is 9.89. The van der Waals surface area contributed by atoms with Crippen molar-refractivity contribution in [3.63, 3.8) is 0 Å². The molecule has 0 N–H and O–H groups in total. The van der Waals surface area contributed by atoms with Gasteiger partial charge in [0.1, 0.15) is 11.5 Å². The highest BCUT2D eigenvalue weighted by Gasteiger charge is 2.22. The van der Waals surface area contributed by atoms with Crippen molar-refractivity contribution >= 4 is 0 Å². The average Bonchev–Trinajstić information content (AvgIpc) is 2.75. The topological polar surface area (TPSA) is 47.3 Å². The molecule has 0 aliphatic heterocycles. The van der Waals surface area contributed by atoms with Crippen LogP contribution in [-0.2, 0) is 6.42 Å². The van der Waals surface area contributed by atoms with Gasteiger partial charge in [-0.25, -0.2) is 0 Å². The number of hydrogen-bond acceptors (Lipinski definition) is 3. The van der Waals surface area contributed by atoms with Crippen molar-refractivity contribution < 1.29 is 4.42 Å². The van der Waals surface area contributed by atoms with E-state index in [2.05, 4.69) is 6.92 Å². The molecule has 0 saturated heterocycles. The van der Waals surface area contributed by atoms with Gasteiger partial charge in [0.05, 0.1) is 0 Å². The summed E-state index contributed by atoms with van der Waals surface area (Å²) in [7, 11) is 0. The van der Waals surface area contributed by atoms with Gasteiger partial charge in [-0.05, 0) is 38.8 Å². The van der Waals surface area contributed by atoms with Crippen LogP contribution in [0.15, 0.2) is 26.1 Å². The Morgan fingerprint density at radius 2 is 1.88 bits per heavy atom. The summed E-state index contributed by atoms with van der Waals surface area (Å²) in [5, 5.41) is 0. The van der Waals surface area contributed by atoms with Gasteiger partial charge in [0, 0.05) is 17.0 Å². The molecule has 17 heavy (non-hydrogen) atoms. The summed E-state index contributed by atoms with van der Waals surface area (Å²) in [5.74, 6) is 1.96. The van der Waals surface area contributed by atoms with Gasteiger partial charge in [-0.2, -0.15) is 0 Å². The maximum Gasteiger partial charge on any atom is 0.229 e. The predicted octanol–water partition coefficient (Wildman–Crippen LogP) is 2.23. The third kappa shape index (κ3) is 1.97. The Kier molecular flexibility index (Phi) is 3.01. The average molecular weight is 232 g/mol. The maximum absolute atomic E-state index is 11.4. The molecule has 0 spiro atoms. The maximum atomic E-state index is 11.4. The second-order valence-corrected chi connectivity index (χ2v) is 4.52. The third-order valence-corrected chi connectivity index (χ3v) is 3.38. The first-order valence-corrected chi connectivity index (χ1v) is 5.89. The lowest BCUT2D eigenvalue weighted by Gasteiger charge is -2.14. The van der Waals surface area contributed by atoms with Gasteiger partial charge in [0.15, 0.2) is 0 Å². The van der Waals surface area contributed by atoms with Crippen LogP contribution in [0.2, 0.25) is 0 Å². The summed E-state index contributed by atoms with van der Waals surface area (Å²) in [6, 6.07) is 3.87. The lowest BCUT2D eigenvalue weighted by molar-refractivity contribution is 0.433. The quantitative estimate of drug-likeness (QED) is 0.759. The van der Waals surface area contributed by atoms with E-state index in [1.165, 1.54) is 0 Å². The largest absolute Gasteiger partial charge is 0.466 e. The van der Waals surface area contributed by atoms with Crippen LogP contribution in [0.3, 0.4) is 0 Å². The smallest absolute Gasteiger partial charge is 0.229 e. The zero-order valence-electron chi connectivity index (χ0n) is 10.4. The fourth-order valence-electron chi connectivity index (χ4n) is 2.16. The summed E-state index contributed by atoms with van der Waals surface area (Å²) < 4.78 is 5.58. The normalized spacial score (nSPS) is 13.1. The molecule has 1 aromatic carbocycles. The number of hydrogen-bond donors (Lipinski definition) is 0. The van der Waals surface area contributed by atoms with Crippen molar-refractivity contribution in [2.75, 3.05) is 0 Å². The Labute approximate surface area is 99.8 Å². The van der Waals surface area contributed by atoms with Crippen molar-refractivity contribution in [1.82, 2.24) is 0 Å². The molecular formula is C14H16O3. The summed E-state index contributed by atoms with van der Waals surface area (Å²) in [6.45, 7) is 5.68. The van der Waals surface area contributed by atoms with Gasteiger partial charge >= 0.3 is 0 Å². The molecule has 2 rings (SSSR count). The standard InChI is InChI=1S/C14H16O3/c1-4-10(12-6-5-8(2)17-12)7-11-9(3)13(15)14(11)16/h5-6,10H,4,7H2,1-3H3. The van der Waals surface area contributed by atoms with Gasteiger partial charge < -0.3 is 4.42 Å². The van der Waals surface area contributed by atoms with E-state index in [0.29, 0.717) is 17.5 Å². The molecule has 2 aromatic rings. The van der Waals surface area contributed by atoms with Crippen molar-refractivity contribution in [3.8, 4) is 0 Å². The highest BCUT2D eigenvalue weighted by Crippen LogP contribution is 2.25. The molecule has 0 bridgehead atoms. The summed E-state index contributed by atoms with van der Waals surface area (Å²) in [4.78, 5) is 22.6. The van der Waals surface area contributed by atoms with Crippen molar-refractivity contribution in [3.05, 3.63) is 55.2 Å². The Morgan fingerprint density at radius 1 is 1.18 bits per heavy atom. The second-order valence-electron chi connectivity index (χ2n) is 4.52. The van der Waals surface area contributed by atoms with Gasteiger partial charge in [-0.3, -0.25) is 9.59 Å². The molecule has 0 aliphatic carbocycles. The van der Waals surface area contributed by atoms with Crippen LogP contribution < -0.4 is 10.9 Å². The van der Waals surface area contributed by atoms with Crippen LogP contribution in [0.4, 0.5) is 0 Å². The molecule has 1 aromatic heterocycles. The predicted molar refractivity (Wildman–Crippen MR) is 66.3 cm³/mol. The molecule has 3 heteroatoms. The van der Waals surface area contributed by atoms with E-state index in [-0.39, 0.29) is 16.8 Å². The fourth-order valence-corrected chi connectivity index (χ4v) is 2.16. The minimum atomic E-state index is -0.328.